The Morgan fingerprint density at radius 3 is 2.70 bits per heavy atom. The van der Waals surface area contributed by atoms with Crippen molar-refractivity contribution < 1.29 is 9.53 Å². The number of nitrogens with zero attached hydrogens (tertiary/aromatic N) is 3. The molecule has 0 bridgehead atoms. The Balaban J connectivity index is 1.40. The first-order chi connectivity index (χ1) is 14.6. The molecule has 0 aliphatic carbocycles. The Bertz CT molecular complexity index is 1030. The summed E-state index contributed by atoms with van der Waals surface area (Å²) >= 11 is 6.08. The van der Waals surface area contributed by atoms with Gasteiger partial charge in [-0.2, -0.15) is 5.10 Å². The van der Waals surface area contributed by atoms with Gasteiger partial charge in [0.1, 0.15) is 0 Å². The second kappa shape index (κ2) is 9.43. The van der Waals surface area contributed by atoms with Crippen LogP contribution in [0.2, 0.25) is 5.02 Å². The molecule has 1 fully saturated rings. The molecule has 1 amide bonds. The van der Waals surface area contributed by atoms with Crippen LogP contribution < -0.4 is 5.32 Å². The Hall–Kier alpha value is -2.67. The third-order valence-electron chi connectivity index (χ3n) is 5.26. The van der Waals surface area contributed by atoms with E-state index in [-0.39, 0.29) is 5.91 Å². The largest absolute Gasteiger partial charge is 0.379 e. The molecule has 0 radical (unpaired) electrons. The van der Waals surface area contributed by atoms with E-state index in [1.165, 1.54) is 5.56 Å². The molecule has 2 heterocycles. The van der Waals surface area contributed by atoms with E-state index in [0.717, 1.165) is 49.8 Å². The maximum absolute atomic E-state index is 12.7. The summed E-state index contributed by atoms with van der Waals surface area (Å²) in [5.74, 6) is -0.139. The van der Waals surface area contributed by atoms with E-state index in [1.54, 1.807) is 10.9 Å². The zero-order valence-corrected chi connectivity index (χ0v) is 17.7. The van der Waals surface area contributed by atoms with E-state index >= 15 is 0 Å². The maximum Gasteiger partial charge on any atom is 0.255 e. The zero-order chi connectivity index (χ0) is 20.9. The molecule has 2 aromatic carbocycles. The number of nitrogens with one attached hydrogen (secondary N) is 1. The molecule has 4 rings (SSSR count). The van der Waals surface area contributed by atoms with Gasteiger partial charge in [0.2, 0.25) is 0 Å². The molecule has 1 aliphatic heterocycles. The van der Waals surface area contributed by atoms with Crippen molar-refractivity contribution in [3.63, 3.8) is 0 Å². The molecular formula is C23H25ClN4O2. The minimum absolute atomic E-state index is 0.139. The number of halogens is 1. The van der Waals surface area contributed by atoms with Crippen molar-refractivity contribution in [3.05, 3.63) is 82.1 Å². The lowest BCUT2D eigenvalue weighted by molar-refractivity contribution is 0.0342. The first-order valence-electron chi connectivity index (χ1n) is 10.1. The van der Waals surface area contributed by atoms with E-state index in [4.69, 9.17) is 16.3 Å². The average Bonchev–Trinajstić information content (AvgIpc) is 3.14. The van der Waals surface area contributed by atoms with Gasteiger partial charge in [-0.05, 0) is 36.2 Å². The summed E-state index contributed by atoms with van der Waals surface area (Å²) in [4.78, 5) is 15.1. The highest BCUT2D eigenvalue weighted by molar-refractivity contribution is 6.30. The molecule has 1 saturated heterocycles. The van der Waals surface area contributed by atoms with Crippen molar-refractivity contribution in [1.82, 2.24) is 20.0 Å². The summed E-state index contributed by atoms with van der Waals surface area (Å²) in [7, 11) is 0. The van der Waals surface area contributed by atoms with Gasteiger partial charge in [-0.3, -0.25) is 9.69 Å². The van der Waals surface area contributed by atoms with E-state index in [2.05, 4.69) is 27.4 Å². The monoisotopic (exact) mass is 424 g/mol. The summed E-state index contributed by atoms with van der Waals surface area (Å²) < 4.78 is 7.14. The minimum Gasteiger partial charge on any atom is -0.379 e. The summed E-state index contributed by atoms with van der Waals surface area (Å²) in [5, 5.41) is 8.00. The quantitative estimate of drug-likeness (QED) is 0.656. The molecule has 0 spiro atoms. The lowest BCUT2D eigenvalue weighted by Crippen LogP contribution is -2.35. The van der Waals surface area contributed by atoms with Crippen LogP contribution >= 0.6 is 11.6 Å². The van der Waals surface area contributed by atoms with E-state index in [1.807, 2.05) is 43.3 Å². The van der Waals surface area contributed by atoms with Crippen LogP contribution in [0.15, 0.2) is 54.7 Å². The molecule has 6 nitrogen and oxygen atoms in total. The number of ether oxygens (including phenoxy) is 1. The van der Waals surface area contributed by atoms with Crippen molar-refractivity contribution in [2.75, 3.05) is 26.3 Å². The summed E-state index contributed by atoms with van der Waals surface area (Å²) in [6.07, 6.45) is 1.60. The summed E-state index contributed by atoms with van der Waals surface area (Å²) in [5.41, 5.74) is 4.48. The van der Waals surface area contributed by atoms with Crippen LogP contribution in [-0.2, 0) is 17.8 Å². The Labute approximate surface area is 181 Å². The van der Waals surface area contributed by atoms with Crippen LogP contribution in [0, 0.1) is 6.92 Å². The standard InChI is InChI=1S/C23H25ClN4O2/c1-17-22(15-26-28(17)21-7-3-6-20(24)13-21)23(29)25-14-18-4-2-5-19(12-18)16-27-8-10-30-11-9-27/h2-7,12-13,15H,8-11,14,16H2,1H3,(H,25,29). The number of aromatic nitrogens is 2. The second-order valence-corrected chi connectivity index (χ2v) is 7.86. The smallest absolute Gasteiger partial charge is 0.255 e. The zero-order valence-electron chi connectivity index (χ0n) is 17.0. The topological polar surface area (TPSA) is 59.4 Å². The highest BCUT2D eigenvalue weighted by Crippen LogP contribution is 2.18. The van der Waals surface area contributed by atoms with E-state index in [0.29, 0.717) is 17.1 Å². The second-order valence-electron chi connectivity index (χ2n) is 7.43. The number of carbonyl (C=O) groups excluding carboxylic acids is 1. The average molecular weight is 425 g/mol. The molecule has 1 aliphatic rings. The predicted octanol–water partition coefficient (Wildman–Crippen LogP) is 3.60. The molecule has 0 atom stereocenters. The van der Waals surface area contributed by atoms with Crippen molar-refractivity contribution in [2.45, 2.75) is 20.0 Å². The van der Waals surface area contributed by atoms with Crippen LogP contribution in [-0.4, -0.2) is 46.9 Å². The Morgan fingerprint density at radius 1 is 1.13 bits per heavy atom. The lowest BCUT2D eigenvalue weighted by Gasteiger charge is -2.26. The number of rotatable bonds is 6. The number of amides is 1. The molecule has 0 saturated carbocycles. The maximum atomic E-state index is 12.7. The van der Waals surface area contributed by atoms with Gasteiger partial charge >= 0.3 is 0 Å². The fourth-order valence-corrected chi connectivity index (χ4v) is 3.82. The third kappa shape index (κ3) is 4.90. The number of benzene rings is 2. The van der Waals surface area contributed by atoms with Gasteiger partial charge in [-0.15, -0.1) is 0 Å². The number of hydrogen-bond acceptors (Lipinski definition) is 4. The molecule has 1 N–H and O–H groups in total. The fraction of sp³-hybridized carbons (Fsp3) is 0.304. The van der Waals surface area contributed by atoms with Gasteiger partial charge in [0.25, 0.3) is 5.91 Å². The Morgan fingerprint density at radius 2 is 1.90 bits per heavy atom. The van der Waals surface area contributed by atoms with Crippen molar-refractivity contribution >= 4 is 17.5 Å². The van der Waals surface area contributed by atoms with Crippen LogP contribution in [0.1, 0.15) is 27.2 Å². The molecule has 7 heteroatoms. The van der Waals surface area contributed by atoms with Gasteiger partial charge in [0.05, 0.1) is 36.4 Å². The number of carbonyl (C=O) groups is 1. The molecule has 156 valence electrons. The normalized spacial score (nSPS) is 14.6. The number of morpholine rings is 1. The molecule has 1 aromatic heterocycles. The van der Waals surface area contributed by atoms with Gasteiger partial charge < -0.3 is 10.1 Å². The van der Waals surface area contributed by atoms with Crippen LogP contribution in [0.4, 0.5) is 0 Å². The minimum atomic E-state index is -0.139. The summed E-state index contributed by atoms with van der Waals surface area (Å²) in [6, 6.07) is 15.8. The first kappa shape index (κ1) is 20.6. The molecule has 3 aromatic rings. The fourth-order valence-electron chi connectivity index (χ4n) is 3.63. The lowest BCUT2D eigenvalue weighted by atomic mass is 10.1. The van der Waals surface area contributed by atoms with Gasteiger partial charge in [0, 0.05) is 31.2 Å². The van der Waals surface area contributed by atoms with Gasteiger partial charge in [-0.25, -0.2) is 4.68 Å². The highest BCUT2D eigenvalue weighted by Gasteiger charge is 2.15. The van der Waals surface area contributed by atoms with E-state index in [9.17, 15) is 4.79 Å². The molecule has 0 unspecified atom stereocenters. The highest BCUT2D eigenvalue weighted by atomic mass is 35.5. The van der Waals surface area contributed by atoms with Crippen molar-refractivity contribution in [1.29, 1.82) is 0 Å². The van der Waals surface area contributed by atoms with Gasteiger partial charge in [-0.1, -0.05) is 41.9 Å². The first-order valence-corrected chi connectivity index (χ1v) is 10.4. The number of hydrogen-bond donors (Lipinski definition) is 1. The van der Waals surface area contributed by atoms with Crippen LogP contribution in [0.3, 0.4) is 0 Å². The molecule has 30 heavy (non-hydrogen) atoms. The van der Waals surface area contributed by atoms with Crippen LogP contribution in [0.25, 0.3) is 5.69 Å². The molecular weight excluding hydrogens is 400 g/mol. The van der Waals surface area contributed by atoms with Crippen LogP contribution in [0.5, 0.6) is 0 Å². The SMILES string of the molecule is Cc1c(C(=O)NCc2cccc(CN3CCOCC3)c2)cnn1-c1cccc(Cl)c1. The van der Waals surface area contributed by atoms with Crippen molar-refractivity contribution in [2.24, 2.45) is 0 Å². The van der Waals surface area contributed by atoms with Gasteiger partial charge in [0.15, 0.2) is 0 Å². The summed E-state index contributed by atoms with van der Waals surface area (Å²) in [6.45, 7) is 6.74. The third-order valence-corrected chi connectivity index (χ3v) is 5.50. The Kier molecular flexibility index (Phi) is 6.47. The van der Waals surface area contributed by atoms with E-state index < -0.39 is 0 Å². The predicted molar refractivity (Wildman–Crippen MR) is 117 cm³/mol. The van der Waals surface area contributed by atoms with Crippen molar-refractivity contribution in [3.8, 4) is 5.69 Å².